The SMILES string of the molecule is OCc1c(Cl)cccc1OCc1ncon1. The molecule has 0 saturated carbocycles. The molecule has 1 N–H and O–H groups in total. The maximum Gasteiger partial charge on any atom is 0.213 e. The molecule has 16 heavy (non-hydrogen) atoms. The van der Waals surface area contributed by atoms with Crippen molar-refractivity contribution in [3.63, 3.8) is 0 Å². The van der Waals surface area contributed by atoms with Crippen LogP contribution in [0.5, 0.6) is 5.75 Å². The van der Waals surface area contributed by atoms with Crippen LogP contribution in [0, 0.1) is 0 Å². The van der Waals surface area contributed by atoms with Crippen molar-refractivity contribution in [1.82, 2.24) is 10.1 Å². The van der Waals surface area contributed by atoms with Gasteiger partial charge < -0.3 is 14.4 Å². The molecule has 1 aromatic carbocycles. The molecule has 0 unspecified atom stereocenters. The highest BCUT2D eigenvalue weighted by Crippen LogP contribution is 2.26. The molecule has 2 rings (SSSR count). The van der Waals surface area contributed by atoms with Crippen LogP contribution >= 0.6 is 11.6 Å². The highest BCUT2D eigenvalue weighted by Gasteiger charge is 2.08. The van der Waals surface area contributed by atoms with Crippen molar-refractivity contribution in [1.29, 1.82) is 0 Å². The summed E-state index contributed by atoms with van der Waals surface area (Å²) in [6, 6.07) is 5.15. The van der Waals surface area contributed by atoms with Gasteiger partial charge in [0.2, 0.25) is 12.2 Å². The van der Waals surface area contributed by atoms with Crippen LogP contribution in [-0.2, 0) is 13.2 Å². The van der Waals surface area contributed by atoms with Gasteiger partial charge in [0.05, 0.1) is 6.61 Å². The van der Waals surface area contributed by atoms with Gasteiger partial charge in [0, 0.05) is 10.6 Å². The van der Waals surface area contributed by atoms with E-state index in [1.165, 1.54) is 6.39 Å². The summed E-state index contributed by atoms with van der Waals surface area (Å²) in [5.74, 6) is 0.948. The lowest BCUT2D eigenvalue weighted by Crippen LogP contribution is -2.00. The molecule has 0 aliphatic carbocycles. The molecular weight excluding hydrogens is 232 g/mol. The van der Waals surface area contributed by atoms with E-state index in [0.717, 1.165) is 0 Å². The number of rotatable bonds is 4. The summed E-state index contributed by atoms with van der Waals surface area (Å²) >= 11 is 5.90. The summed E-state index contributed by atoms with van der Waals surface area (Å²) in [4.78, 5) is 3.81. The van der Waals surface area contributed by atoms with Crippen LogP contribution in [0.25, 0.3) is 0 Å². The molecule has 1 heterocycles. The average molecular weight is 241 g/mol. The van der Waals surface area contributed by atoms with Crippen molar-refractivity contribution >= 4 is 11.6 Å². The second-order valence-electron chi connectivity index (χ2n) is 3.01. The Labute approximate surface area is 96.6 Å². The van der Waals surface area contributed by atoms with Crippen molar-refractivity contribution in [2.75, 3.05) is 0 Å². The van der Waals surface area contributed by atoms with Gasteiger partial charge in [-0.05, 0) is 12.1 Å². The van der Waals surface area contributed by atoms with E-state index in [2.05, 4.69) is 14.7 Å². The lowest BCUT2D eigenvalue weighted by molar-refractivity contribution is 0.253. The van der Waals surface area contributed by atoms with Gasteiger partial charge in [0.1, 0.15) is 5.75 Å². The zero-order valence-corrected chi connectivity index (χ0v) is 9.02. The van der Waals surface area contributed by atoms with Gasteiger partial charge in [-0.25, -0.2) is 0 Å². The van der Waals surface area contributed by atoms with Crippen molar-refractivity contribution in [2.45, 2.75) is 13.2 Å². The third-order valence-corrected chi connectivity index (χ3v) is 2.35. The highest BCUT2D eigenvalue weighted by atomic mass is 35.5. The van der Waals surface area contributed by atoms with Crippen molar-refractivity contribution in [3.05, 3.63) is 41.0 Å². The number of aliphatic hydroxyl groups is 1. The summed E-state index contributed by atoms with van der Waals surface area (Å²) in [5, 5.41) is 13.2. The Morgan fingerprint density at radius 2 is 2.31 bits per heavy atom. The van der Waals surface area contributed by atoms with Crippen LogP contribution in [0.15, 0.2) is 29.1 Å². The summed E-state index contributed by atoms with van der Waals surface area (Å²) in [6.07, 6.45) is 1.23. The molecule has 0 aliphatic rings. The van der Waals surface area contributed by atoms with Crippen molar-refractivity contribution < 1.29 is 14.4 Å². The van der Waals surface area contributed by atoms with E-state index in [4.69, 9.17) is 21.4 Å². The lowest BCUT2D eigenvalue weighted by Gasteiger charge is -2.09. The summed E-state index contributed by atoms with van der Waals surface area (Å²) in [5.41, 5.74) is 0.549. The second-order valence-corrected chi connectivity index (χ2v) is 3.42. The van der Waals surface area contributed by atoms with Crippen LogP contribution in [0.4, 0.5) is 0 Å². The molecule has 0 atom stereocenters. The number of ether oxygens (including phenoxy) is 1. The van der Waals surface area contributed by atoms with Gasteiger partial charge in [-0.1, -0.05) is 22.8 Å². The topological polar surface area (TPSA) is 68.4 Å². The zero-order chi connectivity index (χ0) is 11.4. The number of aliphatic hydroxyl groups excluding tert-OH is 1. The molecule has 1 aromatic heterocycles. The molecule has 0 amide bonds. The number of nitrogens with zero attached hydrogens (tertiary/aromatic N) is 2. The van der Waals surface area contributed by atoms with E-state index in [1.54, 1.807) is 18.2 Å². The molecule has 5 nitrogen and oxygen atoms in total. The quantitative estimate of drug-likeness (QED) is 0.883. The van der Waals surface area contributed by atoms with Gasteiger partial charge in [-0.15, -0.1) is 0 Å². The first kappa shape index (κ1) is 10.9. The average Bonchev–Trinajstić information content (AvgIpc) is 2.79. The summed E-state index contributed by atoms with van der Waals surface area (Å²) in [6.45, 7) is -0.00884. The van der Waals surface area contributed by atoms with Crippen LogP contribution in [0.1, 0.15) is 11.4 Å². The van der Waals surface area contributed by atoms with E-state index < -0.39 is 0 Å². The normalized spacial score (nSPS) is 10.4. The molecule has 2 aromatic rings. The number of halogens is 1. The molecule has 0 aliphatic heterocycles. The molecule has 0 bridgehead atoms. The van der Waals surface area contributed by atoms with Crippen LogP contribution in [-0.4, -0.2) is 15.2 Å². The largest absolute Gasteiger partial charge is 0.485 e. The molecule has 84 valence electrons. The minimum absolute atomic E-state index is 0.170. The first-order valence-corrected chi connectivity index (χ1v) is 4.95. The Kier molecular flexibility index (Phi) is 3.38. The Morgan fingerprint density at radius 1 is 1.44 bits per heavy atom. The van der Waals surface area contributed by atoms with Gasteiger partial charge >= 0.3 is 0 Å². The smallest absolute Gasteiger partial charge is 0.213 e. The lowest BCUT2D eigenvalue weighted by atomic mass is 10.2. The first-order chi connectivity index (χ1) is 7.81. The fraction of sp³-hybridized carbons (Fsp3) is 0.200. The number of hydrogen-bond acceptors (Lipinski definition) is 5. The van der Waals surface area contributed by atoms with Gasteiger partial charge in [0.25, 0.3) is 0 Å². The van der Waals surface area contributed by atoms with Crippen LogP contribution in [0.2, 0.25) is 5.02 Å². The van der Waals surface area contributed by atoms with E-state index in [1.807, 2.05) is 0 Å². The maximum atomic E-state index is 9.14. The molecule has 0 spiro atoms. The Balaban J connectivity index is 2.12. The maximum absolute atomic E-state index is 9.14. The minimum atomic E-state index is -0.179. The van der Waals surface area contributed by atoms with Crippen LogP contribution < -0.4 is 4.74 Å². The van der Waals surface area contributed by atoms with Crippen molar-refractivity contribution in [3.8, 4) is 5.75 Å². The van der Waals surface area contributed by atoms with E-state index >= 15 is 0 Å². The highest BCUT2D eigenvalue weighted by molar-refractivity contribution is 6.31. The van der Waals surface area contributed by atoms with E-state index in [-0.39, 0.29) is 13.2 Å². The molecular formula is C10H9ClN2O3. The van der Waals surface area contributed by atoms with E-state index in [0.29, 0.717) is 22.2 Å². The van der Waals surface area contributed by atoms with Gasteiger partial charge in [0.15, 0.2) is 6.61 Å². The number of benzene rings is 1. The molecule has 0 fully saturated rings. The van der Waals surface area contributed by atoms with Crippen molar-refractivity contribution in [2.24, 2.45) is 0 Å². The number of hydrogen-bond donors (Lipinski definition) is 1. The number of aromatic nitrogens is 2. The standard InChI is InChI=1S/C10H9ClN2O3/c11-8-2-1-3-9(7(8)4-14)15-5-10-12-6-16-13-10/h1-3,6,14H,4-5H2. The summed E-state index contributed by atoms with van der Waals surface area (Å²) < 4.78 is 9.99. The molecule has 0 radical (unpaired) electrons. The summed E-state index contributed by atoms with van der Waals surface area (Å²) in [7, 11) is 0. The monoisotopic (exact) mass is 240 g/mol. The second kappa shape index (κ2) is 4.96. The van der Waals surface area contributed by atoms with E-state index in [9.17, 15) is 0 Å². The fourth-order valence-corrected chi connectivity index (χ4v) is 1.45. The first-order valence-electron chi connectivity index (χ1n) is 4.57. The predicted molar refractivity (Wildman–Crippen MR) is 56.0 cm³/mol. The Hall–Kier alpha value is -1.59. The predicted octanol–water partition coefficient (Wildman–Crippen LogP) is 1.79. The van der Waals surface area contributed by atoms with Gasteiger partial charge in [-0.3, -0.25) is 0 Å². The van der Waals surface area contributed by atoms with Gasteiger partial charge in [-0.2, -0.15) is 4.98 Å². The third kappa shape index (κ3) is 2.32. The Morgan fingerprint density at radius 3 is 3.00 bits per heavy atom. The van der Waals surface area contributed by atoms with Crippen LogP contribution in [0.3, 0.4) is 0 Å². The molecule has 6 heteroatoms. The minimum Gasteiger partial charge on any atom is -0.485 e. The third-order valence-electron chi connectivity index (χ3n) is 2.00. The molecule has 0 saturated heterocycles. The Bertz CT molecular complexity index is 459. The zero-order valence-electron chi connectivity index (χ0n) is 8.26. The fourth-order valence-electron chi connectivity index (χ4n) is 1.23.